The quantitative estimate of drug-likeness (QED) is 0.780. The molecule has 2 aromatic carbocycles. The molecule has 5 nitrogen and oxygen atoms in total. The third-order valence-corrected chi connectivity index (χ3v) is 3.50. The molecule has 0 aliphatic rings. The molecule has 0 unspecified atom stereocenters. The standard InChI is InChI=1S/C18H21FN2O3/c1-23-15-7-8-16(17(11-15)24-2)21-12-18(22)20-10-9-13-3-5-14(19)6-4-13/h3-8,11,21H,9-10,12H2,1-2H3,(H,20,22). The molecule has 24 heavy (non-hydrogen) atoms. The molecule has 2 aromatic rings. The first-order chi connectivity index (χ1) is 11.6. The Morgan fingerprint density at radius 3 is 2.50 bits per heavy atom. The van der Waals surface area contributed by atoms with Crippen molar-refractivity contribution >= 4 is 11.6 Å². The summed E-state index contributed by atoms with van der Waals surface area (Å²) >= 11 is 0. The molecular formula is C18H21FN2O3. The molecule has 6 heteroatoms. The van der Waals surface area contributed by atoms with Crippen LogP contribution in [-0.4, -0.2) is 33.2 Å². The minimum absolute atomic E-state index is 0.130. The normalized spacial score (nSPS) is 10.1. The predicted octanol–water partition coefficient (Wildman–Crippen LogP) is 2.61. The Hall–Kier alpha value is -2.76. The van der Waals surface area contributed by atoms with E-state index >= 15 is 0 Å². The van der Waals surface area contributed by atoms with Gasteiger partial charge in [0.25, 0.3) is 0 Å². The monoisotopic (exact) mass is 332 g/mol. The minimum atomic E-state index is -0.263. The van der Waals surface area contributed by atoms with Crippen LogP contribution >= 0.6 is 0 Å². The summed E-state index contributed by atoms with van der Waals surface area (Å²) in [4.78, 5) is 11.9. The summed E-state index contributed by atoms with van der Waals surface area (Å²) in [5.74, 6) is 0.894. The van der Waals surface area contributed by atoms with E-state index in [-0.39, 0.29) is 18.3 Å². The lowest BCUT2D eigenvalue weighted by atomic mass is 10.1. The average molecular weight is 332 g/mol. The summed E-state index contributed by atoms with van der Waals surface area (Å²) in [5, 5.41) is 5.84. The van der Waals surface area contributed by atoms with Crippen LogP contribution < -0.4 is 20.1 Å². The fourth-order valence-corrected chi connectivity index (χ4v) is 2.18. The average Bonchev–Trinajstić information content (AvgIpc) is 2.61. The number of hydrogen-bond donors (Lipinski definition) is 2. The van der Waals surface area contributed by atoms with Gasteiger partial charge in [0.1, 0.15) is 17.3 Å². The lowest BCUT2D eigenvalue weighted by molar-refractivity contribution is -0.119. The van der Waals surface area contributed by atoms with Crippen LogP contribution in [0.2, 0.25) is 0 Å². The van der Waals surface area contributed by atoms with Crippen LogP contribution in [0.3, 0.4) is 0 Å². The molecule has 0 aliphatic carbocycles. The second-order valence-electron chi connectivity index (χ2n) is 5.15. The molecule has 2 rings (SSSR count). The van der Waals surface area contributed by atoms with Crippen molar-refractivity contribution in [2.75, 3.05) is 32.6 Å². The van der Waals surface area contributed by atoms with Crippen LogP contribution in [0.5, 0.6) is 11.5 Å². The number of rotatable bonds is 8. The Bertz CT molecular complexity index is 674. The van der Waals surface area contributed by atoms with E-state index in [4.69, 9.17) is 9.47 Å². The van der Waals surface area contributed by atoms with Crippen LogP contribution in [0.4, 0.5) is 10.1 Å². The van der Waals surface area contributed by atoms with E-state index in [1.165, 1.54) is 12.1 Å². The maximum atomic E-state index is 12.8. The Kier molecular flexibility index (Phi) is 6.42. The van der Waals surface area contributed by atoms with Crippen molar-refractivity contribution in [3.63, 3.8) is 0 Å². The van der Waals surface area contributed by atoms with Crippen molar-refractivity contribution in [1.82, 2.24) is 5.32 Å². The van der Waals surface area contributed by atoms with Gasteiger partial charge in [-0.25, -0.2) is 4.39 Å². The van der Waals surface area contributed by atoms with Crippen molar-refractivity contribution in [2.45, 2.75) is 6.42 Å². The van der Waals surface area contributed by atoms with E-state index in [9.17, 15) is 9.18 Å². The first kappa shape index (κ1) is 17.6. The highest BCUT2D eigenvalue weighted by Crippen LogP contribution is 2.28. The van der Waals surface area contributed by atoms with Crippen LogP contribution in [-0.2, 0) is 11.2 Å². The van der Waals surface area contributed by atoms with Crippen molar-refractivity contribution in [1.29, 1.82) is 0 Å². The van der Waals surface area contributed by atoms with Crippen LogP contribution in [0, 0.1) is 5.82 Å². The zero-order valence-electron chi connectivity index (χ0n) is 13.8. The number of methoxy groups -OCH3 is 2. The van der Waals surface area contributed by atoms with Gasteiger partial charge in [0.15, 0.2) is 0 Å². The van der Waals surface area contributed by atoms with Gasteiger partial charge in [0.05, 0.1) is 26.5 Å². The van der Waals surface area contributed by atoms with Gasteiger partial charge < -0.3 is 20.1 Å². The molecule has 128 valence electrons. The second-order valence-corrected chi connectivity index (χ2v) is 5.15. The molecule has 0 saturated carbocycles. The van der Waals surface area contributed by atoms with E-state index in [1.54, 1.807) is 44.6 Å². The smallest absolute Gasteiger partial charge is 0.239 e. The fraction of sp³-hybridized carbons (Fsp3) is 0.278. The molecular weight excluding hydrogens is 311 g/mol. The highest BCUT2D eigenvalue weighted by molar-refractivity contribution is 5.81. The molecule has 0 aliphatic heterocycles. The van der Waals surface area contributed by atoms with Crippen LogP contribution in [0.1, 0.15) is 5.56 Å². The zero-order chi connectivity index (χ0) is 17.4. The van der Waals surface area contributed by atoms with E-state index in [2.05, 4.69) is 10.6 Å². The van der Waals surface area contributed by atoms with Gasteiger partial charge in [-0.3, -0.25) is 4.79 Å². The molecule has 0 spiro atoms. The van der Waals surface area contributed by atoms with Crippen molar-refractivity contribution < 1.29 is 18.7 Å². The molecule has 0 atom stereocenters. The molecule has 0 bridgehead atoms. The van der Waals surface area contributed by atoms with E-state index in [0.29, 0.717) is 30.2 Å². The number of carbonyl (C=O) groups excluding carboxylic acids is 1. The summed E-state index contributed by atoms with van der Waals surface area (Å²) in [5.41, 5.74) is 1.69. The number of nitrogens with one attached hydrogen (secondary N) is 2. The highest BCUT2D eigenvalue weighted by atomic mass is 19.1. The molecule has 1 amide bonds. The SMILES string of the molecule is COc1ccc(NCC(=O)NCCc2ccc(F)cc2)c(OC)c1. The number of halogens is 1. The number of anilines is 1. The number of hydrogen-bond acceptors (Lipinski definition) is 4. The van der Waals surface area contributed by atoms with Crippen LogP contribution in [0.15, 0.2) is 42.5 Å². The van der Waals surface area contributed by atoms with Gasteiger partial charge >= 0.3 is 0 Å². The number of ether oxygens (including phenoxy) is 2. The molecule has 0 fully saturated rings. The Labute approximate surface area is 140 Å². The van der Waals surface area contributed by atoms with Gasteiger partial charge in [-0.05, 0) is 36.2 Å². The minimum Gasteiger partial charge on any atom is -0.497 e. The van der Waals surface area contributed by atoms with E-state index in [0.717, 1.165) is 5.56 Å². The first-order valence-corrected chi connectivity index (χ1v) is 7.59. The maximum Gasteiger partial charge on any atom is 0.239 e. The third-order valence-electron chi connectivity index (χ3n) is 3.50. The summed E-state index contributed by atoms with van der Waals surface area (Å²) in [6, 6.07) is 11.6. The predicted molar refractivity (Wildman–Crippen MR) is 91.1 cm³/mol. The maximum absolute atomic E-state index is 12.8. The van der Waals surface area contributed by atoms with E-state index in [1.807, 2.05) is 0 Å². The lowest BCUT2D eigenvalue weighted by Gasteiger charge is -2.12. The van der Waals surface area contributed by atoms with Crippen molar-refractivity contribution in [3.05, 3.63) is 53.8 Å². The molecule has 0 heterocycles. The number of benzene rings is 2. The molecule has 0 radical (unpaired) electrons. The van der Waals surface area contributed by atoms with Crippen LogP contribution in [0.25, 0.3) is 0 Å². The summed E-state index contributed by atoms with van der Waals surface area (Å²) < 4.78 is 23.2. The van der Waals surface area contributed by atoms with Gasteiger partial charge in [-0.15, -0.1) is 0 Å². The summed E-state index contributed by atoms with van der Waals surface area (Å²) in [6.07, 6.45) is 0.651. The fourth-order valence-electron chi connectivity index (χ4n) is 2.18. The first-order valence-electron chi connectivity index (χ1n) is 7.59. The van der Waals surface area contributed by atoms with Crippen molar-refractivity contribution in [2.24, 2.45) is 0 Å². The third kappa shape index (κ3) is 5.15. The summed E-state index contributed by atoms with van der Waals surface area (Å²) in [7, 11) is 3.14. The number of carbonyl (C=O) groups is 1. The summed E-state index contributed by atoms with van der Waals surface area (Å²) in [6.45, 7) is 0.623. The Balaban J connectivity index is 1.77. The van der Waals surface area contributed by atoms with Crippen molar-refractivity contribution in [3.8, 4) is 11.5 Å². The Morgan fingerprint density at radius 1 is 1.08 bits per heavy atom. The molecule has 0 aromatic heterocycles. The second kappa shape index (κ2) is 8.76. The van der Waals surface area contributed by atoms with Gasteiger partial charge in [0, 0.05) is 12.6 Å². The van der Waals surface area contributed by atoms with Gasteiger partial charge in [-0.2, -0.15) is 0 Å². The highest BCUT2D eigenvalue weighted by Gasteiger charge is 2.07. The van der Waals surface area contributed by atoms with E-state index < -0.39 is 0 Å². The largest absolute Gasteiger partial charge is 0.497 e. The Morgan fingerprint density at radius 2 is 1.83 bits per heavy atom. The van der Waals surface area contributed by atoms with Gasteiger partial charge in [0.2, 0.25) is 5.91 Å². The molecule has 2 N–H and O–H groups in total. The lowest BCUT2D eigenvalue weighted by Crippen LogP contribution is -2.31. The number of amides is 1. The van der Waals surface area contributed by atoms with Gasteiger partial charge in [-0.1, -0.05) is 12.1 Å². The topological polar surface area (TPSA) is 59.6 Å². The zero-order valence-corrected chi connectivity index (χ0v) is 13.8. The molecule has 0 saturated heterocycles.